The fraction of sp³-hybridized carbons (Fsp3) is 0.312. The van der Waals surface area contributed by atoms with Crippen molar-refractivity contribution >= 4 is 11.8 Å². The first-order valence-corrected chi connectivity index (χ1v) is 7.17. The topological polar surface area (TPSA) is 87.9 Å². The van der Waals surface area contributed by atoms with Gasteiger partial charge in [-0.2, -0.15) is 0 Å². The zero-order valence-electron chi connectivity index (χ0n) is 12.5. The van der Waals surface area contributed by atoms with Crippen molar-refractivity contribution in [3.05, 3.63) is 41.3 Å². The third-order valence-corrected chi connectivity index (χ3v) is 3.23. The molecule has 23 heavy (non-hydrogen) atoms. The molecule has 0 saturated carbocycles. The number of carbonyl (C=O) groups is 2. The van der Waals surface area contributed by atoms with E-state index in [0.717, 1.165) is 6.42 Å². The van der Waals surface area contributed by atoms with Crippen molar-refractivity contribution in [1.82, 2.24) is 5.16 Å². The molecule has 2 aromatic rings. The van der Waals surface area contributed by atoms with Crippen molar-refractivity contribution in [2.75, 3.05) is 19.8 Å². The van der Waals surface area contributed by atoms with Gasteiger partial charge < -0.3 is 18.7 Å². The molecular formula is C16H15NO6. The number of nitrogens with zero attached hydrogens (tertiary/aromatic N) is 1. The minimum Gasteiger partial charge on any atom is -0.490 e. The lowest BCUT2D eigenvalue weighted by Crippen LogP contribution is -2.14. The zero-order valence-corrected chi connectivity index (χ0v) is 12.5. The normalized spacial score (nSPS) is 13.3. The molecule has 0 aliphatic carbocycles. The fourth-order valence-electron chi connectivity index (χ4n) is 2.08. The number of rotatable bonds is 4. The van der Waals surface area contributed by atoms with E-state index in [9.17, 15) is 9.59 Å². The number of hydrogen-bond donors (Lipinski definition) is 0. The number of ketones is 1. The minimum absolute atomic E-state index is 0.0334. The van der Waals surface area contributed by atoms with Crippen LogP contribution in [0.5, 0.6) is 11.5 Å². The van der Waals surface area contributed by atoms with Crippen LogP contribution < -0.4 is 9.47 Å². The maximum absolute atomic E-state index is 12.1. The number of Topliss-reactive ketones (excluding diaryl/α,β-unsaturated/α-hetero) is 1. The number of benzene rings is 1. The first-order valence-electron chi connectivity index (χ1n) is 7.17. The highest BCUT2D eigenvalue weighted by Gasteiger charge is 2.18. The Balaban J connectivity index is 1.64. The second kappa shape index (κ2) is 6.51. The third kappa shape index (κ3) is 3.50. The summed E-state index contributed by atoms with van der Waals surface area (Å²) < 4.78 is 20.7. The highest BCUT2D eigenvalue weighted by molar-refractivity contribution is 5.99. The molecule has 2 heterocycles. The lowest BCUT2D eigenvalue weighted by Gasteiger charge is -2.08. The molecule has 0 amide bonds. The Hall–Kier alpha value is -2.83. The molecule has 7 heteroatoms. The van der Waals surface area contributed by atoms with Crippen LogP contribution in [0.1, 0.15) is 33.0 Å². The largest absolute Gasteiger partial charge is 0.490 e. The monoisotopic (exact) mass is 317 g/mol. The predicted molar refractivity (Wildman–Crippen MR) is 77.9 cm³/mol. The summed E-state index contributed by atoms with van der Waals surface area (Å²) in [5.74, 6) is 0.0196. The lowest BCUT2D eigenvalue weighted by molar-refractivity contribution is 0.0435. The molecule has 1 aromatic heterocycles. The maximum Gasteiger partial charge on any atom is 0.377 e. The molecule has 0 unspecified atom stereocenters. The van der Waals surface area contributed by atoms with E-state index in [1.165, 1.54) is 6.07 Å². The Kier molecular flexibility index (Phi) is 4.27. The second-order valence-corrected chi connectivity index (χ2v) is 5.04. The molecule has 120 valence electrons. The third-order valence-electron chi connectivity index (χ3n) is 3.23. The van der Waals surface area contributed by atoms with E-state index >= 15 is 0 Å². The highest BCUT2D eigenvalue weighted by atomic mass is 16.6. The standard InChI is InChI=1S/C16H15NO6/c1-10-7-15(23-17-10)16(19)22-9-12(18)11-3-4-13-14(8-11)21-6-2-5-20-13/h3-4,7-8H,2,5-6,9H2,1H3. The average molecular weight is 317 g/mol. The minimum atomic E-state index is -0.728. The van der Waals surface area contributed by atoms with Gasteiger partial charge in [0.05, 0.1) is 18.9 Å². The van der Waals surface area contributed by atoms with Gasteiger partial charge in [-0.3, -0.25) is 4.79 Å². The highest BCUT2D eigenvalue weighted by Crippen LogP contribution is 2.30. The average Bonchev–Trinajstić information content (AvgIpc) is 2.85. The van der Waals surface area contributed by atoms with E-state index in [-0.39, 0.29) is 11.5 Å². The number of hydrogen-bond acceptors (Lipinski definition) is 7. The van der Waals surface area contributed by atoms with Gasteiger partial charge in [-0.1, -0.05) is 5.16 Å². The first-order chi connectivity index (χ1) is 11.1. The van der Waals surface area contributed by atoms with Gasteiger partial charge in [-0.05, 0) is 25.1 Å². The Morgan fingerprint density at radius 1 is 1.17 bits per heavy atom. The van der Waals surface area contributed by atoms with E-state index in [4.69, 9.17) is 18.7 Å². The smallest absolute Gasteiger partial charge is 0.377 e. The number of aromatic nitrogens is 1. The van der Waals surface area contributed by atoms with Crippen molar-refractivity contribution < 1.29 is 28.3 Å². The second-order valence-electron chi connectivity index (χ2n) is 5.04. The summed E-state index contributed by atoms with van der Waals surface area (Å²) in [4.78, 5) is 23.9. The van der Waals surface area contributed by atoms with Gasteiger partial charge >= 0.3 is 5.97 Å². The van der Waals surface area contributed by atoms with E-state index < -0.39 is 12.6 Å². The summed E-state index contributed by atoms with van der Waals surface area (Å²) in [7, 11) is 0. The Morgan fingerprint density at radius 2 is 1.96 bits per heavy atom. The number of aryl methyl sites for hydroxylation is 1. The van der Waals surface area contributed by atoms with E-state index in [2.05, 4.69) is 5.16 Å². The summed E-state index contributed by atoms with van der Waals surface area (Å²) in [6.45, 7) is 2.40. The van der Waals surface area contributed by atoms with Gasteiger partial charge in [-0.25, -0.2) is 4.79 Å². The van der Waals surface area contributed by atoms with Crippen molar-refractivity contribution in [2.24, 2.45) is 0 Å². The van der Waals surface area contributed by atoms with Crippen LogP contribution in [0.25, 0.3) is 0 Å². The molecule has 7 nitrogen and oxygen atoms in total. The molecule has 0 bridgehead atoms. The number of ether oxygens (including phenoxy) is 3. The van der Waals surface area contributed by atoms with Crippen LogP contribution in [0.2, 0.25) is 0 Å². The molecule has 1 aliphatic rings. The van der Waals surface area contributed by atoms with Gasteiger partial charge in [0.1, 0.15) is 0 Å². The van der Waals surface area contributed by atoms with Gasteiger partial charge in [0.25, 0.3) is 0 Å². The Labute approximate surface area is 132 Å². The number of fused-ring (bicyclic) bond motifs is 1. The van der Waals surface area contributed by atoms with Gasteiger partial charge in [0.2, 0.25) is 5.76 Å². The molecule has 0 atom stereocenters. The van der Waals surface area contributed by atoms with Crippen LogP contribution in [0, 0.1) is 6.92 Å². The lowest BCUT2D eigenvalue weighted by atomic mass is 10.1. The molecular weight excluding hydrogens is 302 g/mol. The summed E-state index contributed by atoms with van der Waals surface area (Å²) in [5, 5.41) is 3.59. The molecule has 1 aliphatic heterocycles. The van der Waals surface area contributed by atoms with Crippen LogP contribution in [0.4, 0.5) is 0 Å². The van der Waals surface area contributed by atoms with Crippen molar-refractivity contribution in [1.29, 1.82) is 0 Å². The molecule has 0 fully saturated rings. The van der Waals surface area contributed by atoms with Crippen LogP contribution in [-0.2, 0) is 4.74 Å². The molecule has 0 N–H and O–H groups in total. The number of esters is 1. The summed E-state index contributed by atoms with van der Waals surface area (Å²) in [5.41, 5.74) is 0.946. The van der Waals surface area contributed by atoms with Crippen LogP contribution in [-0.4, -0.2) is 36.7 Å². The van der Waals surface area contributed by atoms with Crippen molar-refractivity contribution in [2.45, 2.75) is 13.3 Å². The van der Waals surface area contributed by atoms with Gasteiger partial charge in [-0.15, -0.1) is 0 Å². The Morgan fingerprint density at radius 3 is 2.70 bits per heavy atom. The van der Waals surface area contributed by atoms with Crippen molar-refractivity contribution in [3.8, 4) is 11.5 Å². The van der Waals surface area contributed by atoms with E-state index in [1.807, 2.05) is 0 Å². The van der Waals surface area contributed by atoms with E-state index in [0.29, 0.717) is 36.0 Å². The molecule has 0 spiro atoms. The molecule has 1 aromatic carbocycles. The maximum atomic E-state index is 12.1. The quantitative estimate of drug-likeness (QED) is 0.631. The number of carbonyl (C=O) groups excluding carboxylic acids is 2. The molecule has 3 rings (SSSR count). The SMILES string of the molecule is Cc1cc(C(=O)OCC(=O)c2ccc3c(c2)OCCCO3)on1. The van der Waals surface area contributed by atoms with Gasteiger partial charge in [0.15, 0.2) is 23.9 Å². The zero-order chi connectivity index (χ0) is 16.2. The Bertz CT molecular complexity index is 736. The van der Waals surface area contributed by atoms with Crippen molar-refractivity contribution in [3.63, 3.8) is 0 Å². The van der Waals surface area contributed by atoms with E-state index in [1.54, 1.807) is 25.1 Å². The summed E-state index contributed by atoms with van der Waals surface area (Å²) in [6.07, 6.45) is 0.784. The molecule has 0 radical (unpaired) electrons. The summed E-state index contributed by atoms with van der Waals surface area (Å²) >= 11 is 0. The first kappa shape index (κ1) is 15.1. The summed E-state index contributed by atoms with van der Waals surface area (Å²) in [6, 6.07) is 6.33. The predicted octanol–water partition coefficient (Wildman–Crippen LogP) is 2.18. The van der Waals surface area contributed by atoms with Crippen LogP contribution in [0.3, 0.4) is 0 Å². The van der Waals surface area contributed by atoms with Crippen LogP contribution >= 0.6 is 0 Å². The van der Waals surface area contributed by atoms with Gasteiger partial charge in [0, 0.05) is 18.1 Å². The van der Waals surface area contributed by atoms with Crippen LogP contribution in [0.15, 0.2) is 28.8 Å². The fourth-order valence-corrected chi connectivity index (χ4v) is 2.08. The molecule has 0 saturated heterocycles.